The molecule has 1 N–H and O–H groups in total. The number of aryl methyl sites for hydroxylation is 1. The van der Waals surface area contributed by atoms with Gasteiger partial charge < -0.3 is 14.6 Å². The number of carbonyl (C=O) groups is 1. The number of thioether (sulfide) groups is 1. The number of morpholine rings is 1. The number of imidazole rings is 1. The van der Waals surface area contributed by atoms with E-state index in [4.69, 9.17) is 27.9 Å². The van der Waals surface area contributed by atoms with E-state index in [9.17, 15) is 4.79 Å². The van der Waals surface area contributed by atoms with Crippen LogP contribution < -0.4 is 5.32 Å². The summed E-state index contributed by atoms with van der Waals surface area (Å²) in [6, 6.07) is 5.69. The number of carbonyl (C=O) groups excluding carboxylic acids is 1. The second-order valence-corrected chi connectivity index (χ2v) is 8.15. The van der Waals surface area contributed by atoms with Crippen molar-refractivity contribution in [2.75, 3.05) is 32.0 Å². The fourth-order valence-electron chi connectivity index (χ4n) is 2.84. The highest BCUT2D eigenvalue weighted by Gasteiger charge is 2.21. The van der Waals surface area contributed by atoms with E-state index in [1.165, 1.54) is 11.8 Å². The predicted molar refractivity (Wildman–Crippen MR) is 108 cm³/mol. The van der Waals surface area contributed by atoms with Crippen LogP contribution in [0.15, 0.2) is 35.7 Å². The van der Waals surface area contributed by atoms with Crippen LogP contribution in [0.5, 0.6) is 0 Å². The van der Waals surface area contributed by atoms with Crippen molar-refractivity contribution in [2.45, 2.75) is 17.8 Å². The quantitative estimate of drug-likeness (QED) is 0.686. The molecule has 1 amide bonds. The molecule has 0 aliphatic carbocycles. The third-order valence-corrected chi connectivity index (χ3v) is 6.05. The van der Waals surface area contributed by atoms with Crippen LogP contribution in [0.25, 0.3) is 0 Å². The molecule has 3 rings (SSSR count). The van der Waals surface area contributed by atoms with Gasteiger partial charge in [0.15, 0.2) is 5.16 Å². The third kappa shape index (κ3) is 6.12. The number of amides is 1. The molecule has 146 valence electrons. The van der Waals surface area contributed by atoms with E-state index in [-0.39, 0.29) is 12.0 Å². The lowest BCUT2D eigenvalue weighted by atomic mass is 10.2. The Bertz CT molecular complexity index is 786. The highest BCUT2D eigenvalue weighted by molar-refractivity contribution is 7.99. The highest BCUT2D eigenvalue weighted by Crippen LogP contribution is 2.23. The lowest BCUT2D eigenvalue weighted by Gasteiger charge is -2.33. The standard InChI is InChI=1S/C18H22Cl2N4O2S/c1-23-5-4-21-18(23)27-12-17(25)22-9-14-11-24(6-7-26-14)10-13-2-3-15(19)16(20)8-13/h2-5,8,14H,6-7,9-12H2,1H3,(H,22,25). The van der Waals surface area contributed by atoms with Crippen LogP contribution in [0, 0.1) is 0 Å². The number of ether oxygens (including phenoxy) is 1. The average Bonchev–Trinajstić information content (AvgIpc) is 3.06. The molecular weight excluding hydrogens is 407 g/mol. The van der Waals surface area contributed by atoms with Crippen LogP contribution >= 0.6 is 35.0 Å². The third-order valence-electron chi connectivity index (χ3n) is 4.25. The lowest BCUT2D eigenvalue weighted by molar-refractivity contribution is -0.119. The van der Waals surface area contributed by atoms with E-state index in [1.54, 1.807) is 6.20 Å². The maximum atomic E-state index is 12.1. The van der Waals surface area contributed by atoms with Crippen LogP contribution in [0.2, 0.25) is 10.0 Å². The van der Waals surface area contributed by atoms with Gasteiger partial charge in [-0.2, -0.15) is 0 Å². The van der Waals surface area contributed by atoms with Gasteiger partial charge in [0.25, 0.3) is 0 Å². The summed E-state index contributed by atoms with van der Waals surface area (Å²) < 4.78 is 7.67. The predicted octanol–water partition coefficient (Wildman–Crippen LogP) is 2.84. The molecule has 1 aliphatic rings. The number of hydrogen-bond acceptors (Lipinski definition) is 5. The van der Waals surface area contributed by atoms with Crippen molar-refractivity contribution in [3.05, 3.63) is 46.2 Å². The van der Waals surface area contributed by atoms with Crippen LogP contribution in [-0.4, -0.2) is 58.5 Å². The van der Waals surface area contributed by atoms with Gasteiger partial charge in [-0.05, 0) is 17.7 Å². The first-order chi connectivity index (χ1) is 13.0. The van der Waals surface area contributed by atoms with Gasteiger partial charge in [0.1, 0.15) is 0 Å². The zero-order chi connectivity index (χ0) is 19.2. The summed E-state index contributed by atoms with van der Waals surface area (Å²) >= 11 is 13.5. The Morgan fingerprint density at radius 2 is 2.26 bits per heavy atom. The number of benzene rings is 1. The van der Waals surface area contributed by atoms with Crippen molar-refractivity contribution in [2.24, 2.45) is 7.05 Å². The molecule has 1 fully saturated rings. The monoisotopic (exact) mass is 428 g/mol. The van der Waals surface area contributed by atoms with Crippen LogP contribution in [0.1, 0.15) is 5.56 Å². The normalized spacial score (nSPS) is 17.8. The van der Waals surface area contributed by atoms with Gasteiger partial charge in [0.2, 0.25) is 5.91 Å². The second-order valence-electron chi connectivity index (χ2n) is 6.39. The van der Waals surface area contributed by atoms with E-state index >= 15 is 0 Å². The summed E-state index contributed by atoms with van der Waals surface area (Å²) in [7, 11) is 1.91. The minimum atomic E-state index is -0.0244. The smallest absolute Gasteiger partial charge is 0.230 e. The maximum Gasteiger partial charge on any atom is 0.230 e. The molecule has 0 bridgehead atoms. The summed E-state index contributed by atoms with van der Waals surface area (Å²) in [6.45, 7) is 3.52. The number of halogens is 2. The lowest BCUT2D eigenvalue weighted by Crippen LogP contribution is -2.47. The first-order valence-electron chi connectivity index (χ1n) is 8.66. The Kier molecular flexibility index (Phi) is 7.43. The van der Waals surface area contributed by atoms with E-state index in [0.29, 0.717) is 28.9 Å². The minimum Gasteiger partial charge on any atom is -0.374 e. The number of rotatable bonds is 7. The molecule has 1 saturated heterocycles. The average molecular weight is 429 g/mol. The van der Waals surface area contributed by atoms with Crippen molar-refractivity contribution >= 4 is 40.9 Å². The molecule has 1 aromatic carbocycles. The maximum absolute atomic E-state index is 12.1. The second kappa shape index (κ2) is 9.80. The van der Waals surface area contributed by atoms with E-state index < -0.39 is 0 Å². The Labute approximate surface area is 173 Å². The van der Waals surface area contributed by atoms with Gasteiger partial charge in [-0.25, -0.2) is 4.98 Å². The molecule has 1 atom stereocenters. The summed E-state index contributed by atoms with van der Waals surface area (Å²) in [5.41, 5.74) is 1.11. The molecule has 9 heteroatoms. The molecule has 1 aromatic heterocycles. The van der Waals surface area contributed by atoms with Crippen molar-refractivity contribution in [3.8, 4) is 0 Å². The molecule has 0 spiro atoms. The molecule has 1 unspecified atom stereocenters. The molecule has 2 heterocycles. The summed E-state index contributed by atoms with van der Waals surface area (Å²) in [6.07, 6.45) is 3.56. The highest BCUT2D eigenvalue weighted by atomic mass is 35.5. The van der Waals surface area contributed by atoms with Gasteiger partial charge in [-0.1, -0.05) is 41.0 Å². The molecular formula is C18H22Cl2N4O2S. The minimum absolute atomic E-state index is 0.0202. The Morgan fingerprint density at radius 3 is 3.00 bits per heavy atom. The van der Waals surface area contributed by atoms with Gasteiger partial charge in [0.05, 0.1) is 28.5 Å². The van der Waals surface area contributed by atoms with Crippen molar-refractivity contribution < 1.29 is 9.53 Å². The zero-order valence-corrected chi connectivity index (χ0v) is 17.4. The Hall–Kier alpha value is -1.25. The summed E-state index contributed by atoms with van der Waals surface area (Å²) in [4.78, 5) is 18.6. The molecule has 27 heavy (non-hydrogen) atoms. The van der Waals surface area contributed by atoms with Gasteiger partial charge >= 0.3 is 0 Å². The summed E-state index contributed by atoms with van der Waals surface area (Å²) in [5, 5.41) is 4.90. The van der Waals surface area contributed by atoms with Crippen LogP contribution in [-0.2, 0) is 23.1 Å². The fraction of sp³-hybridized carbons (Fsp3) is 0.444. The SMILES string of the molecule is Cn1ccnc1SCC(=O)NCC1CN(Cc2ccc(Cl)c(Cl)c2)CCO1. The Balaban J connectivity index is 1.42. The van der Waals surface area contributed by atoms with Gasteiger partial charge in [0, 0.05) is 45.6 Å². The number of nitrogens with one attached hydrogen (secondary N) is 1. The zero-order valence-electron chi connectivity index (χ0n) is 15.0. The van der Waals surface area contributed by atoms with Crippen molar-refractivity contribution in [3.63, 3.8) is 0 Å². The number of aromatic nitrogens is 2. The largest absolute Gasteiger partial charge is 0.374 e. The molecule has 0 radical (unpaired) electrons. The summed E-state index contributed by atoms with van der Waals surface area (Å²) in [5.74, 6) is 0.318. The van der Waals surface area contributed by atoms with E-state index in [0.717, 1.165) is 30.4 Å². The van der Waals surface area contributed by atoms with Gasteiger partial charge in [-0.3, -0.25) is 9.69 Å². The van der Waals surface area contributed by atoms with Crippen molar-refractivity contribution in [1.82, 2.24) is 19.8 Å². The van der Waals surface area contributed by atoms with E-state index in [1.807, 2.05) is 36.0 Å². The topological polar surface area (TPSA) is 59.4 Å². The molecule has 0 saturated carbocycles. The Morgan fingerprint density at radius 1 is 1.41 bits per heavy atom. The first-order valence-corrected chi connectivity index (χ1v) is 10.4. The van der Waals surface area contributed by atoms with Crippen molar-refractivity contribution in [1.29, 1.82) is 0 Å². The van der Waals surface area contributed by atoms with Crippen LogP contribution in [0.3, 0.4) is 0 Å². The molecule has 6 nitrogen and oxygen atoms in total. The molecule has 2 aromatic rings. The number of nitrogens with zero attached hydrogens (tertiary/aromatic N) is 3. The first kappa shape index (κ1) is 20.5. The van der Waals surface area contributed by atoms with Gasteiger partial charge in [-0.15, -0.1) is 0 Å². The van der Waals surface area contributed by atoms with E-state index in [2.05, 4.69) is 15.2 Å². The van der Waals surface area contributed by atoms with Crippen LogP contribution in [0.4, 0.5) is 0 Å². The molecule has 1 aliphatic heterocycles. The number of hydrogen-bond donors (Lipinski definition) is 1. The fourth-order valence-corrected chi connectivity index (χ4v) is 3.93.